The predicted octanol–water partition coefficient (Wildman–Crippen LogP) is 3.13. The molecule has 0 unspecified atom stereocenters. The molecule has 0 radical (unpaired) electrons. The van der Waals surface area contributed by atoms with Crippen LogP contribution in [0.3, 0.4) is 0 Å². The Balaban J connectivity index is 1.96. The van der Waals surface area contributed by atoms with Crippen molar-refractivity contribution in [1.29, 1.82) is 5.26 Å². The normalized spacial score (nSPS) is 9.92. The van der Waals surface area contributed by atoms with Crippen molar-refractivity contribution in [3.05, 3.63) is 58.6 Å². The third-order valence-corrected chi connectivity index (χ3v) is 3.79. The summed E-state index contributed by atoms with van der Waals surface area (Å²) in [4.78, 5) is 25.5. The standard InChI is InChI=1S/C19H18ClN3O3/c1-23(2)19(25)16-11-14(5-8-17(16)20)22-18(24)12-26-15-6-3-13(4-7-15)9-10-21/h3-8,11H,9,12H2,1-2H3,(H,22,24). The minimum Gasteiger partial charge on any atom is -0.484 e. The number of nitriles is 1. The van der Waals surface area contributed by atoms with Crippen molar-refractivity contribution in [2.45, 2.75) is 6.42 Å². The van der Waals surface area contributed by atoms with Crippen molar-refractivity contribution in [2.24, 2.45) is 0 Å². The minimum absolute atomic E-state index is 0.183. The highest BCUT2D eigenvalue weighted by atomic mass is 35.5. The van der Waals surface area contributed by atoms with E-state index in [0.29, 0.717) is 28.4 Å². The molecule has 6 nitrogen and oxygen atoms in total. The first kappa shape index (κ1) is 19.3. The van der Waals surface area contributed by atoms with Crippen LogP contribution in [-0.4, -0.2) is 37.4 Å². The van der Waals surface area contributed by atoms with Crippen LogP contribution in [0.5, 0.6) is 5.75 Å². The zero-order valence-electron chi connectivity index (χ0n) is 14.5. The lowest BCUT2D eigenvalue weighted by Gasteiger charge is -2.13. The van der Waals surface area contributed by atoms with Gasteiger partial charge in [0, 0.05) is 19.8 Å². The zero-order chi connectivity index (χ0) is 19.1. The van der Waals surface area contributed by atoms with Gasteiger partial charge in [0.15, 0.2) is 6.61 Å². The lowest BCUT2D eigenvalue weighted by atomic mass is 10.1. The SMILES string of the molecule is CN(C)C(=O)c1cc(NC(=O)COc2ccc(CC#N)cc2)ccc1Cl. The summed E-state index contributed by atoms with van der Waals surface area (Å²) in [5.41, 5.74) is 1.64. The molecule has 2 aromatic carbocycles. The predicted molar refractivity (Wildman–Crippen MR) is 99.4 cm³/mol. The van der Waals surface area contributed by atoms with E-state index in [1.54, 1.807) is 50.5 Å². The summed E-state index contributed by atoms with van der Waals surface area (Å²) in [6.07, 6.45) is 0.325. The van der Waals surface area contributed by atoms with Crippen molar-refractivity contribution in [2.75, 3.05) is 26.0 Å². The summed E-state index contributed by atoms with van der Waals surface area (Å²) >= 11 is 6.04. The molecule has 0 fully saturated rings. The van der Waals surface area contributed by atoms with Crippen molar-refractivity contribution < 1.29 is 14.3 Å². The average molecular weight is 372 g/mol. The van der Waals surface area contributed by atoms with Crippen LogP contribution in [0.2, 0.25) is 5.02 Å². The molecule has 7 heteroatoms. The highest BCUT2D eigenvalue weighted by Crippen LogP contribution is 2.22. The Morgan fingerprint density at radius 3 is 2.50 bits per heavy atom. The number of benzene rings is 2. The maximum Gasteiger partial charge on any atom is 0.262 e. The lowest BCUT2D eigenvalue weighted by molar-refractivity contribution is -0.118. The van der Waals surface area contributed by atoms with Crippen LogP contribution in [-0.2, 0) is 11.2 Å². The van der Waals surface area contributed by atoms with Gasteiger partial charge in [-0.25, -0.2) is 0 Å². The molecule has 0 atom stereocenters. The molecule has 2 aromatic rings. The first-order valence-corrected chi connectivity index (χ1v) is 8.18. The Morgan fingerprint density at radius 2 is 1.88 bits per heavy atom. The quantitative estimate of drug-likeness (QED) is 0.845. The smallest absolute Gasteiger partial charge is 0.262 e. The summed E-state index contributed by atoms with van der Waals surface area (Å²) in [5.74, 6) is -0.0853. The molecule has 1 N–H and O–H groups in total. The molecule has 0 aliphatic heterocycles. The Kier molecular flexibility index (Phi) is 6.59. The van der Waals surface area contributed by atoms with Gasteiger partial charge in [0.05, 0.1) is 23.1 Å². The Morgan fingerprint density at radius 1 is 1.19 bits per heavy atom. The van der Waals surface area contributed by atoms with E-state index in [2.05, 4.69) is 11.4 Å². The molecule has 0 aliphatic rings. The fourth-order valence-electron chi connectivity index (χ4n) is 2.15. The number of amides is 2. The second kappa shape index (κ2) is 8.88. The summed E-state index contributed by atoms with van der Waals surface area (Å²) in [6, 6.07) is 13.7. The summed E-state index contributed by atoms with van der Waals surface area (Å²) in [5, 5.41) is 11.6. The van der Waals surface area contributed by atoms with E-state index in [1.807, 2.05) is 0 Å². The first-order valence-electron chi connectivity index (χ1n) is 7.80. The third-order valence-electron chi connectivity index (χ3n) is 3.46. The molecule has 0 heterocycles. The van der Waals surface area contributed by atoms with Crippen LogP contribution >= 0.6 is 11.6 Å². The topological polar surface area (TPSA) is 82.4 Å². The molecule has 0 aromatic heterocycles. The van der Waals surface area contributed by atoms with E-state index in [1.165, 1.54) is 11.0 Å². The number of nitrogens with zero attached hydrogens (tertiary/aromatic N) is 2. The van der Waals surface area contributed by atoms with E-state index in [0.717, 1.165) is 5.56 Å². The van der Waals surface area contributed by atoms with Gasteiger partial charge in [-0.1, -0.05) is 23.7 Å². The molecule has 26 heavy (non-hydrogen) atoms. The number of hydrogen-bond donors (Lipinski definition) is 1. The van der Waals surface area contributed by atoms with E-state index < -0.39 is 0 Å². The van der Waals surface area contributed by atoms with Gasteiger partial charge in [0.2, 0.25) is 0 Å². The van der Waals surface area contributed by atoms with Gasteiger partial charge in [-0.05, 0) is 35.9 Å². The maximum absolute atomic E-state index is 12.1. The highest BCUT2D eigenvalue weighted by Gasteiger charge is 2.14. The first-order chi connectivity index (χ1) is 12.4. The van der Waals surface area contributed by atoms with Gasteiger partial charge in [-0.3, -0.25) is 9.59 Å². The Hall–Kier alpha value is -3.04. The Bertz CT molecular complexity index is 842. The molecular weight excluding hydrogens is 354 g/mol. The highest BCUT2D eigenvalue weighted by molar-refractivity contribution is 6.34. The molecule has 134 valence electrons. The van der Waals surface area contributed by atoms with Gasteiger partial charge in [-0.2, -0.15) is 5.26 Å². The number of hydrogen-bond acceptors (Lipinski definition) is 4. The maximum atomic E-state index is 12.1. The van der Waals surface area contributed by atoms with Crippen molar-refractivity contribution in [3.8, 4) is 11.8 Å². The average Bonchev–Trinajstić information content (AvgIpc) is 2.62. The number of anilines is 1. The summed E-state index contributed by atoms with van der Waals surface area (Å²) < 4.78 is 5.42. The third kappa shape index (κ3) is 5.23. The van der Waals surface area contributed by atoms with Crippen molar-refractivity contribution >= 4 is 29.1 Å². The fourth-order valence-corrected chi connectivity index (χ4v) is 2.35. The molecule has 0 saturated carbocycles. The van der Waals surface area contributed by atoms with Gasteiger partial charge >= 0.3 is 0 Å². The number of rotatable bonds is 6. The molecular formula is C19H18ClN3O3. The van der Waals surface area contributed by atoms with E-state index in [9.17, 15) is 9.59 Å². The van der Waals surface area contributed by atoms with Crippen LogP contribution in [0.1, 0.15) is 15.9 Å². The Labute approximate surface area is 156 Å². The number of carbonyl (C=O) groups excluding carboxylic acids is 2. The fraction of sp³-hybridized carbons (Fsp3) is 0.211. The van der Waals surface area contributed by atoms with Gasteiger partial charge in [-0.15, -0.1) is 0 Å². The second-order valence-corrected chi connectivity index (χ2v) is 6.12. The van der Waals surface area contributed by atoms with E-state index in [-0.39, 0.29) is 18.4 Å². The monoisotopic (exact) mass is 371 g/mol. The molecule has 2 rings (SSSR count). The van der Waals surface area contributed by atoms with Crippen LogP contribution in [0.4, 0.5) is 5.69 Å². The lowest BCUT2D eigenvalue weighted by Crippen LogP contribution is -2.23. The molecule has 0 spiro atoms. The van der Waals surface area contributed by atoms with Crippen LogP contribution in [0.25, 0.3) is 0 Å². The number of halogens is 1. The van der Waals surface area contributed by atoms with Gasteiger partial charge in [0.25, 0.3) is 11.8 Å². The van der Waals surface area contributed by atoms with Gasteiger partial charge in [0.1, 0.15) is 5.75 Å². The van der Waals surface area contributed by atoms with Crippen LogP contribution in [0.15, 0.2) is 42.5 Å². The molecule has 0 bridgehead atoms. The molecule has 2 amide bonds. The van der Waals surface area contributed by atoms with Crippen molar-refractivity contribution in [1.82, 2.24) is 4.90 Å². The van der Waals surface area contributed by atoms with Gasteiger partial charge < -0.3 is 15.0 Å². The largest absolute Gasteiger partial charge is 0.484 e. The van der Waals surface area contributed by atoms with Crippen LogP contribution in [0, 0.1) is 11.3 Å². The molecule has 0 aliphatic carbocycles. The van der Waals surface area contributed by atoms with Crippen molar-refractivity contribution in [3.63, 3.8) is 0 Å². The zero-order valence-corrected chi connectivity index (χ0v) is 15.2. The van der Waals surface area contributed by atoms with E-state index >= 15 is 0 Å². The second-order valence-electron chi connectivity index (χ2n) is 5.71. The summed E-state index contributed by atoms with van der Waals surface area (Å²) in [6.45, 7) is -0.183. The minimum atomic E-state index is -0.364. The summed E-state index contributed by atoms with van der Waals surface area (Å²) in [7, 11) is 3.25. The number of carbonyl (C=O) groups is 2. The molecule has 0 saturated heterocycles. The van der Waals surface area contributed by atoms with Crippen LogP contribution < -0.4 is 10.1 Å². The number of nitrogens with one attached hydrogen (secondary N) is 1. The number of ether oxygens (including phenoxy) is 1. The van der Waals surface area contributed by atoms with E-state index in [4.69, 9.17) is 21.6 Å².